The topological polar surface area (TPSA) is 95.7 Å². The van der Waals surface area contributed by atoms with Crippen LogP contribution in [0.25, 0.3) is 0 Å². The van der Waals surface area contributed by atoms with E-state index in [1.54, 1.807) is 12.1 Å². The Hall–Kier alpha value is -4.00. The molecule has 0 radical (unpaired) electrons. The summed E-state index contributed by atoms with van der Waals surface area (Å²) in [5, 5.41) is 10.8. The van der Waals surface area contributed by atoms with Crippen molar-refractivity contribution in [1.82, 2.24) is 0 Å². The molecule has 7 nitrogen and oxygen atoms in total. The summed E-state index contributed by atoms with van der Waals surface area (Å²) in [5.74, 6) is -1.13. The van der Waals surface area contributed by atoms with Gasteiger partial charge in [-0.2, -0.15) is 0 Å². The molecule has 0 unspecified atom stereocenters. The lowest BCUT2D eigenvalue weighted by Crippen LogP contribution is -2.10. The Labute approximate surface area is 173 Å². The zero-order chi connectivity index (χ0) is 21.3. The molecule has 0 bridgehead atoms. The molecule has 0 fully saturated rings. The number of non-ortho nitro benzene ring substituents is 1. The van der Waals surface area contributed by atoms with Crippen LogP contribution in [0.5, 0.6) is 5.75 Å². The second kappa shape index (κ2) is 9.97. The second-order valence-electron chi connectivity index (χ2n) is 6.45. The van der Waals surface area contributed by atoms with Crippen molar-refractivity contribution < 1.29 is 24.0 Å². The van der Waals surface area contributed by atoms with Crippen LogP contribution in [-0.2, 0) is 11.2 Å². The van der Waals surface area contributed by atoms with Crippen molar-refractivity contribution >= 4 is 17.6 Å². The Kier molecular flexibility index (Phi) is 6.89. The van der Waals surface area contributed by atoms with E-state index in [2.05, 4.69) is 0 Å². The van der Waals surface area contributed by atoms with Gasteiger partial charge in [0.1, 0.15) is 5.75 Å². The highest BCUT2D eigenvalue weighted by Crippen LogP contribution is 2.18. The third-order valence-electron chi connectivity index (χ3n) is 4.26. The molecule has 0 heterocycles. The van der Waals surface area contributed by atoms with Gasteiger partial charge in [0.2, 0.25) is 0 Å². The number of nitro groups is 1. The quantitative estimate of drug-likeness (QED) is 0.179. The maximum Gasteiger partial charge on any atom is 0.343 e. The molecule has 3 aromatic rings. The fraction of sp³-hybridized carbons (Fsp3) is 0.130. The number of carbonyl (C=O) groups excluding carboxylic acids is 2. The first-order valence-corrected chi connectivity index (χ1v) is 9.31. The third-order valence-corrected chi connectivity index (χ3v) is 4.26. The van der Waals surface area contributed by atoms with Gasteiger partial charge >= 0.3 is 11.9 Å². The van der Waals surface area contributed by atoms with Crippen LogP contribution in [0.4, 0.5) is 5.69 Å². The molecule has 3 rings (SSSR count). The van der Waals surface area contributed by atoms with Crippen LogP contribution in [0.1, 0.15) is 32.7 Å². The standard InChI is InChI=1S/C23H19NO6/c25-22(29-14-6-9-17-7-2-1-3-8-17)19-11-5-13-21(16-19)30-23(26)18-10-4-12-20(15-18)24(27)28/h1-5,7-8,10-13,15-16H,6,9,14H2. The lowest BCUT2D eigenvalue weighted by atomic mass is 10.1. The molecule has 0 saturated carbocycles. The molecule has 3 aromatic carbocycles. The molecule has 0 aliphatic carbocycles. The lowest BCUT2D eigenvalue weighted by molar-refractivity contribution is -0.384. The maximum absolute atomic E-state index is 12.3. The number of nitro benzene ring substituents is 1. The first-order chi connectivity index (χ1) is 14.5. The summed E-state index contributed by atoms with van der Waals surface area (Å²) < 4.78 is 10.5. The van der Waals surface area contributed by atoms with Gasteiger partial charge in [0.05, 0.1) is 22.7 Å². The summed E-state index contributed by atoms with van der Waals surface area (Å²) in [6.45, 7) is 0.269. The molecule has 0 N–H and O–H groups in total. The predicted molar refractivity (Wildman–Crippen MR) is 110 cm³/mol. The largest absolute Gasteiger partial charge is 0.462 e. The molecule has 0 saturated heterocycles. The van der Waals surface area contributed by atoms with E-state index in [4.69, 9.17) is 9.47 Å². The monoisotopic (exact) mass is 405 g/mol. The first kappa shape index (κ1) is 20.7. The molecule has 7 heteroatoms. The average Bonchev–Trinajstić information content (AvgIpc) is 2.77. The first-order valence-electron chi connectivity index (χ1n) is 9.31. The molecule has 0 aromatic heterocycles. The molecule has 0 amide bonds. The van der Waals surface area contributed by atoms with E-state index in [0.29, 0.717) is 6.42 Å². The van der Waals surface area contributed by atoms with Crippen molar-refractivity contribution in [3.8, 4) is 5.75 Å². The number of rotatable bonds is 8. The van der Waals surface area contributed by atoms with Crippen LogP contribution < -0.4 is 4.74 Å². The van der Waals surface area contributed by atoms with Gasteiger partial charge in [-0.3, -0.25) is 10.1 Å². The second-order valence-corrected chi connectivity index (χ2v) is 6.45. The Morgan fingerprint density at radius 1 is 0.833 bits per heavy atom. The van der Waals surface area contributed by atoms with Crippen LogP contribution in [0.15, 0.2) is 78.9 Å². The van der Waals surface area contributed by atoms with Gasteiger partial charge in [-0.1, -0.05) is 42.5 Å². The van der Waals surface area contributed by atoms with Gasteiger partial charge in [0, 0.05) is 12.1 Å². The van der Waals surface area contributed by atoms with Gasteiger partial charge < -0.3 is 9.47 Å². The number of ether oxygens (including phenoxy) is 2. The fourth-order valence-electron chi connectivity index (χ4n) is 2.77. The van der Waals surface area contributed by atoms with Crippen LogP contribution in [0.2, 0.25) is 0 Å². The molecule has 0 aliphatic rings. The van der Waals surface area contributed by atoms with E-state index in [0.717, 1.165) is 12.5 Å². The summed E-state index contributed by atoms with van der Waals surface area (Å²) in [4.78, 5) is 34.8. The summed E-state index contributed by atoms with van der Waals surface area (Å²) in [6.07, 6.45) is 1.49. The van der Waals surface area contributed by atoms with E-state index in [9.17, 15) is 19.7 Å². The Bertz CT molecular complexity index is 1050. The highest BCUT2D eigenvalue weighted by Gasteiger charge is 2.15. The number of hydrogen-bond donors (Lipinski definition) is 0. The highest BCUT2D eigenvalue weighted by atomic mass is 16.6. The van der Waals surface area contributed by atoms with Gasteiger partial charge in [-0.25, -0.2) is 9.59 Å². The summed E-state index contributed by atoms with van der Waals surface area (Å²) in [5.41, 5.74) is 1.25. The molecule has 0 atom stereocenters. The summed E-state index contributed by atoms with van der Waals surface area (Å²) in [7, 11) is 0. The van der Waals surface area contributed by atoms with Crippen LogP contribution in [-0.4, -0.2) is 23.5 Å². The normalized spacial score (nSPS) is 10.3. The van der Waals surface area contributed by atoms with Crippen molar-refractivity contribution in [2.24, 2.45) is 0 Å². The van der Waals surface area contributed by atoms with Crippen LogP contribution in [0.3, 0.4) is 0 Å². The highest BCUT2D eigenvalue weighted by molar-refractivity contribution is 5.93. The van der Waals surface area contributed by atoms with E-state index in [1.165, 1.54) is 35.9 Å². The molecule has 152 valence electrons. The van der Waals surface area contributed by atoms with E-state index in [1.807, 2.05) is 30.3 Å². The zero-order valence-electron chi connectivity index (χ0n) is 16.0. The Morgan fingerprint density at radius 2 is 1.53 bits per heavy atom. The maximum atomic E-state index is 12.3. The van der Waals surface area contributed by atoms with Crippen LogP contribution >= 0.6 is 0 Å². The van der Waals surface area contributed by atoms with E-state index < -0.39 is 16.9 Å². The van der Waals surface area contributed by atoms with Crippen LogP contribution in [0, 0.1) is 10.1 Å². The van der Waals surface area contributed by atoms with E-state index >= 15 is 0 Å². The number of nitrogens with zero attached hydrogens (tertiary/aromatic N) is 1. The average molecular weight is 405 g/mol. The minimum absolute atomic E-state index is 0.0399. The van der Waals surface area contributed by atoms with Crippen molar-refractivity contribution in [2.45, 2.75) is 12.8 Å². The van der Waals surface area contributed by atoms with Crippen molar-refractivity contribution in [1.29, 1.82) is 0 Å². The Morgan fingerprint density at radius 3 is 2.27 bits per heavy atom. The number of hydrogen-bond acceptors (Lipinski definition) is 6. The zero-order valence-corrected chi connectivity index (χ0v) is 16.0. The van der Waals surface area contributed by atoms with Gasteiger partial charge in [-0.05, 0) is 42.7 Å². The Balaban J connectivity index is 1.56. The van der Waals surface area contributed by atoms with E-state index in [-0.39, 0.29) is 29.2 Å². The number of aryl methyl sites for hydroxylation is 1. The minimum atomic E-state index is -0.757. The summed E-state index contributed by atoms with van der Waals surface area (Å²) in [6, 6.07) is 21.2. The molecule has 0 spiro atoms. The summed E-state index contributed by atoms with van der Waals surface area (Å²) >= 11 is 0. The van der Waals surface area contributed by atoms with Crippen molar-refractivity contribution in [3.63, 3.8) is 0 Å². The van der Waals surface area contributed by atoms with Gasteiger partial charge in [0.15, 0.2) is 0 Å². The number of esters is 2. The molecule has 0 aliphatic heterocycles. The van der Waals surface area contributed by atoms with Gasteiger partial charge in [-0.15, -0.1) is 0 Å². The third kappa shape index (κ3) is 5.75. The van der Waals surface area contributed by atoms with Crippen molar-refractivity contribution in [3.05, 3.63) is 106 Å². The smallest absolute Gasteiger partial charge is 0.343 e. The molecule has 30 heavy (non-hydrogen) atoms. The SMILES string of the molecule is O=C(OCCCc1ccccc1)c1cccc(OC(=O)c2cccc([N+](=O)[O-])c2)c1. The lowest BCUT2D eigenvalue weighted by Gasteiger charge is -2.08. The fourth-order valence-corrected chi connectivity index (χ4v) is 2.77. The minimum Gasteiger partial charge on any atom is -0.462 e. The molecular weight excluding hydrogens is 386 g/mol. The molecular formula is C23H19NO6. The number of carbonyl (C=O) groups is 2. The van der Waals surface area contributed by atoms with Gasteiger partial charge in [0.25, 0.3) is 5.69 Å². The number of benzene rings is 3. The van der Waals surface area contributed by atoms with Crippen molar-refractivity contribution in [2.75, 3.05) is 6.61 Å². The predicted octanol–water partition coefficient (Wildman–Crippen LogP) is 4.60.